The van der Waals surface area contributed by atoms with Crippen molar-refractivity contribution in [3.8, 4) is 17.2 Å². The van der Waals surface area contributed by atoms with Crippen molar-refractivity contribution in [1.82, 2.24) is 25.0 Å². The summed E-state index contributed by atoms with van der Waals surface area (Å²) in [5.41, 5.74) is 0.862. The van der Waals surface area contributed by atoms with Gasteiger partial charge in [-0.25, -0.2) is 4.39 Å². The minimum absolute atomic E-state index is 0.0562. The van der Waals surface area contributed by atoms with Gasteiger partial charge in [0.15, 0.2) is 22.5 Å². The normalized spacial score (nSPS) is 12.1. The zero-order valence-corrected chi connectivity index (χ0v) is 18.5. The Hall–Kier alpha value is -3.24. The Balaban J connectivity index is 1.48. The van der Waals surface area contributed by atoms with Crippen LogP contribution in [0.25, 0.3) is 11.5 Å². The van der Waals surface area contributed by atoms with Crippen LogP contribution in [0.3, 0.4) is 0 Å². The van der Waals surface area contributed by atoms with Gasteiger partial charge in [0, 0.05) is 12.7 Å². The second-order valence-corrected chi connectivity index (χ2v) is 7.89. The zero-order chi connectivity index (χ0) is 22.3. The number of methoxy groups -OCH3 is 1. The van der Waals surface area contributed by atoms with Crippen LogP contribution >= 0.6 is 11.8 Å². The molecule has 2 heterocycles. The molecule has 0 bridgehead atoms. The Kier molecular flexibility index (Phi) is 7.13. The van der Waals surface area contributed by atoms with Gasteiger partial charge in [-0.15, -0.1) is 20.4 Å². The van der Waals surface area contributed by atoms with Crippen LogP contribution in [0.4, 0.5) is 4.39 Å². The van der Waals surface area contributed by atoms with Crippen molar-refractivity contribution in [1.29, 1.82) is 0 Å². The third-order valence-electron chi connectivity index (χ3n) is 4.59. The molecule has 0 amide bonds. The molecule has 10 heteroatoms. The van der Waals surface area contributed by atoms with Gasteiger partial charge in [0.2, 0.25) is 11.8 Å². The molecule has 4 aromatic rings. The minimum Gasteiger partial charge on any atom is -0.483 e. The van der Waals surface area contributed by atoms with Crippen LogP contribution in [-0.2, 0) is 17.1 Å². The molecule has 2 aromatic heterocycles. The maximum absolute atomic E-state index is 13.9. The van der Waals surface area contributed by atoms with Crippen LogP contribution in [0.1, 0.15) is 24.7 Å². The van der Waals surface area contributed by atoms with Crippen molar-refractivity contribution in [2.45, 2.75) is 30.5 Å². The van der Waals surface area contributed by atoms with Crippen LogP contribution in [0.2, 0.25) is 0 Å². The monoisotopic (exact) mass is 455 g/mol. The lowest BCUT2D eigenvalue weighted by atomic mass is 10.2. The molecule has 1 atom stereocenters. The van der Waals surface area contributed by atoms with Crippen molar-refractivity contribution in [3.05, 3.63) is 72.1 Å². The minimum atomic E-state index is -0.427. The summed E-state index contributed by atoms with van der Waals surface area (Å²) in [5.74, 6) is 1.67. The summed E-state index contributed by atoms with van der Waals surface area (Å²) in [5, 5.41) is 17.4. The summed E-state index contributed by atoms with van der Waals surface area (Å²) in [6, 6.07) is 15.8. The summed E-state index contributed by atoms with van der Waals surface area (Å²) in [7, 11) is 1.63. The van der Waals surface area contributed by atoms with Crippen LogP contribution < -0.4 is 4.74 Å². The molecule has 0 saturated heterocycles. The van der Waals surface area contributed by atoms with Crippen LogP contribution in [0.15, 0.2) is 64.2 Å². The van der Waals surface area contributed by atoms with E-state index in [1.165, 1.54) is 17.8 Å². The molecule has 0 unspecified atom stereocenters. The van der Waals surface area contributed by atoms with E-state index in [1.54, 1.807) is 25.3 Å². The lowest BCUT2D eigenvalue weighted by Crippen LogP contribution is -2.16. The van der Waals surface area contributed by atoms with Gasteiger partial charge in [-0.1, -0.05) is 42.1 Å². The van der Waals surface area contributed by atoms with Crippen LogP contribution in [-0.4, -0.2) is 38.7 Å². The van der Waals surface area contributed by atoms with E-state index in [4.69, 9.17) is 13.9 Å². The number of benzene rings is 2. The SMILES string of the molecule is COC[C@H](C)n1c(COc2ccccc2F)nnc1SCc1nnc(-c2ccccc2)o1. The second-order valence-electron chi connectivity index (χ2n) is 6.95. The number of halogens is 1. The van der Waals surface area contributed by atoms with Crippen LogP contribution in [0, 0.1) is 5.82 Å². The molecule has 0 aliphatic carbocycles. The van der Waals surface area contributed by atoms with E-state index in [1.807, 2.05) is 41.8 Å². The molecule has 0 saturated carbocycles. The number of hydrogen-bond acceptors (Lipinski definition) is 8. The van der Waals surface area contributed by atoms with Gasteiger partial charge in [0.1, 0.15) is 6.61 Å². The van der Waals surface area contributed by atoms with Gasteiger partial charge in [0.25, 0.3) is 0 Å². The van der Waals surface area contributed by atoms with E-state index in [9.17, 15) is 4.39 Å². The fraction of sp³-hybridized carbons (Fsp3) is 0.273. The van der Waals surface area contributed by atoms with E-state index in [0.29, 0.717) is 35.1 Å². The summed E-state index contributed by atoms with van der Waals surface area (Å²) in [6.45, 7) is 2.52. The number of para-hydroxylation sites is 1. The van der Waals surface area contributed by atoms with Gasteiger partial charge >= 0.3 is 0 Å². The third-order valence-corrected chi connectivity index (χ3v) is 5.52. The lowest BCUT2D eigenvalue weighted by molar-refractivity contribution is 0.154. The van der Waals surface area contributed by atoms with Gasteiger partial charge in [-0.3, -0.25) is 4.57 Å². The number of thioether (sulfide) groups is 1. The smallest absolute Gasteiger partial charge is 0.247 e. The Labute approximate surface area is 188 Å². The standard InChI is InChI=1S/C22H22FN5O3S/c1-15(12-29-2)28-19(13-30-18-11-7-6-10-17(18)23)24-27-22(28)32-14-20-25-26-21(31-20)16-8-4-3-5-9-16/h3-11,15H,12-14H2,1-2H3/t15-/m0/s1. The molecule has 0 aliphatic heterocycles. The number of aromatic nitrogens is 5. The molecule has 0 radical (unpaired) electrons. The Morgan fingerprint density at radius 2 is 1.81 bits per heavy atom. The van der Waals surface area contributed by atoms with Crippen molar-refractivity contribution >= 4 is 11.8 Å². The highest BCUT2D eigenvalue weighted by atomic mass is 32.2. The predicted molar refractivity (Wildman–Crippen MR) is 117 cm³/mol. The molecule has 32 heavy (non-hydrogen) atoms. The first-order chi connectivity index (χ1) is 15.7. The maximum atomic E-state index is 13.9. The van der Waals surface area contributed by atoms with Crippen molar-refractivity contribution in [2.75, 3.05) is 13.7 Å². The highest BCUT2D eigenvalue weighted by molar-refractivity contribution is 7.98. The predicted octanol–water partition coefficient (Wildman–Crippen LogP) is 4.55. The zero-order valence-electron chi connectivity index (χ0n) is 17.6. The molecule has 4 rings (SSSR count). The molecular formula is C22H22FN5O3S. The number of nitrogens with zero attached hydrogens (tertiary/aromatic N) is 5. The number of ether oxygens (including phenoxy) is 2. The molecule has 2 aromatic carbocycles. The molecule has 0 aliphatic rings. The van der Waals surface area contributed by atoms with E-state index in [0.717, 1.165) is 5.56 Å². The first-order valence-corrected chi connectivity index (χ1v) is 10.9. The molecule has 0 N–H and O–H groups in total. The van der Waals surface area contributed by atoms with Gasteiger partial charge < -0.3 is 13.9 Å². The molecule has 166 valence electrons. The summed E-state index contributed by atoms with van der Waals surface area (Å²) in [6.07, 6.45) is 0. The molecule has 0 fully saturated rings. The Morgan fingerprint density at radius 3 is 2.59 bits per heavy atom. The van der Waals surface area contributed by atoms with Crippen molar-refractivity contribution < 1.29 is 18.3 Å². The molecule has 8 nitrogen and oxygen atoms in total. The largest absolute Gasteiger partial charge is 0.483 e. The highest BCUT2D eigenvalue weighted by Crippen LogP contribution is 2.27. The fourth-order valence-corrected chi connectivity index (χ4v) is 3.99. The summed E-state index contributed by atoms with van der Waals surface area (Å²) in [4.78, 5) is 0. The first-order valence-electron chi connectivity index (χ1n) is 9.96. The average Bonchev–Trinajstić information content (AvgIpc) is 3.45. The molecular weight excluding hydrogens is 433 g/mol. The summed E-state index contributed by atoms with van der Waals surface area (Å²) < 4.78 is 32.5. The van der Waals surface area contributed by atoms with Gasteiger partial charge in [0.05, 0.1) is 18.4 Å². The van der Waals surface area contributed by atoms with Crippen molar-refractivity contribution in [2.24, 2.45) is 0 Å². The van der Waals surface area contributed by atoms with Crippen LogP contribution in [0.5, 0.6) is 5.75 Å². The lowest BCUT2D eigenvalue weighted by Gasteiger charge is -2.17. The Bertz CT molecular complexity index is 1150. The van der Waals surface area contributed by atoms with E-state index < -0.39 is 5.82 Å². The van der Waals surface area contributed by atoms with E-state index in [2.05, 4.69) is 20.4 Å². The highest BCUT2D eigenvalue weighted by Gasteiger charge is 2.20. The van der Waals surface area contributed by atoms with E-state index in [-0.39, 0.29) is 18.4 Å². The quantitative estimate of drug-likeness (QED) is 0.322. The topological polar surface area (TPSA) is 88.1 Å². The first kappa shape index (κ1) is 22.0. The second kappa shape index (κ2) is 10.4. The average molecular weight is 456 g/mol. The van der Waals surface area contributed by atoms with Crippen molar-refractivity contribution in [3.63, 3.8) is 0 Å². The fourth-order valence-electron chi connectivity index (χ4n) is 3.10. The molecule has 0 spiro atoms. The summed E-state index contributed by atoms with van der Waals surface area (Å²) >= 11 is 1.42. The number of hydrogen-bond donors (Lipinski definition) is 0. The third kappa shape index (κ3) is 5.14. The van der Waals surface area contributed by atoms with Gasteiger partial charge in [-0.2, -0.15) is 0 Å². The van der Waals surface area contributed by atoms with Gasteiger partial charge in [-0.05, 0) is 31.2 Å². The number of rotatable bonds is 10. The Morgan fingerprint density at radius 1 is 1.03 bits per heavy atom. The van der Waals surface area contributed by atoms with E-state index >= 15 is 0 Å². The maximum Gasteiger partial charge on any atom is 0.247 e.